The van der Waals surface area contributed by atoms with Gasteiger partial charge in [-0.15, -0.1) is 0 Å². The van der Waals surface area contributed by atoms with Crippen molar-refractivity contribution in [1.29, 1.82) is 0 Å². The molecule has 3 rings (SSSR count). The standard InChI is InChI=1S/C17H19N5O3/c1-10-6-5-7-12(8-10)19-15(23)11(2)22-9-18-14-13(22)16(24)21(4)17(25)20(14)3/h5-9,11H,1-4H3,(H,19,23)/t11-/m0/s1. The molecule has 0 aliphatic heterocycles. The molecule has 1 N–H and O–H groups in total. The summed E-state index contributed by atoms with van der Waals surface area (Å²) in [5, 5.41) is 2.83. The minimum absolute atomic E-state index is 0.219. The van der Waals surface area contributed by atoms with Crippen LogP contribution < -0.4 is 16.6 Å². The third kappa shape index (κ3) is 2.75. The first-order valence-electron chi connectivity index (χ1n) is 7.81. The van der Waals surface area contributed by atoms with Crippen LogP contribution in [-0.2, 0) is 18.9 Å². The van der Waals surface area contributed by atoms with E-state index in [1.54, 1.807) is 20.0 Å². The molecular weight excluding hydrogens is 322 g/mol. The molecule has 0 radical (unpaired) electrons. The van der Waals surface area contributed by atoms with Crippen molar-refractivity contribution < 1.29 is 4.79 Å². The van der Waals surface area contributed by atoms with Crippen LogP contribution in [0.25, 0.3) is 11.2 Å². The maximum atomic E-state index is 12.6. The van der Waals surface area contributed by atoms with E-state index in [1.165, 1.54) is 22.5 Å². The average molecular weight is 341 g/mol. The predicted octanol–water partition coefficient (Wildman–Crippen LogP) is 0.942. The average Bonchev–Trinajstić information content (AvgIpc) is 3.02. The van der Waals surface area contributed by atoms with Crippen LogP contribution in [0, 0.1) is 6.92 Å². The molecule has 2 aromatic heterocycles. The highest BCUT2D eigenvalue weighted by Gasteiger charge is 2.21. The summed E-state index contributed by atoms with van der Waals surface area (Å²) in [5.41, 5.74) is 1.24. The van der Waals surface area contributed by atoms with Crippen molar-refractivity contribution in [3.63, 3.8) is 0 Å². The van der Waals surface area contributed by atoms with Gasteiger partial charge in [-0.05, 0) is 31.5 Å². The molecule has 0 aliphatic rings. The van der Waals surface area contributed by atoms with E-state index in [0.29, 0.717) is 5.69 Å². The topological polar surface area (TPSA) is 90.9 Å². The van der Waals surface area contributed by atoms with E-state index < -0.39 is 17.3 Å². The van der Waals surface area contributed by atoms with Crippen molar-refractivity contribution in [3.8, 4) is 0 Å². The van der Waals surface area contributed by atoms with E-state index in [-0.39, 0.29) is 17.1 Å². The van der Waals surface area contributed by atoms with Gasteiger partial charge in [-0.2, -0.15) is 0 Å². The lowest BCUT2D eigenvalue weighted by molar-refractivity contribution is -0.118. The first kappa shape index (κ1) is 16.7. The molecule has 0 unspecified atom stereocenters. The summed E-state index contributed by atoms with van der Waals surface area (Å²) in [5.74, 6) is -0.277. The van der Waals surface area contributed by atoms with Gasteiger partial charge in [0.25, 0.3) is 5.56 Å². The monoisotopic (exact) mass is 341 g/mol. The molecule has 0 fully saturated rings. The second-order valence-electron chi connectivity index (χ2n) is 6.06. The number of fused-ring (bicyclic) bond motifs is 1. The molecule has 0 aliphatic carbocycles. The van der Waals surface area contributed by atoms with Crippen LogP contribution >= 0.6 is 0 Å². The third-order valence-electron chi connectivity index (χ3n) is 4.26. The number of anilines is 1. The first-order valence-corrected chi connectivity index (χ1v) is 7.81. The number of amides is 1. The normalized spacial score (nSPS) is 12.3. The minimum atomic E-state index is -0.671. The number of benzene rings is 1. The van der Waals surface area contributed by atoms with Crippen LogP contribution in [0.1, 0.15) is 18.5 Å². The van der Waals surface area contributed by atoms with E-state index >= 15 is 0 Å². The molecule has 0 spiro atoms. The molecule has 25 heavy (non-hydrogen) atoms. The molecule has 0 saturated carbocycles. The first-order chi connectivity index (χ1) is 11.8. The van der Waals surface area contributed by atoms with Gasteiger partial charge in [-0.25, -0.2) is 9.78 Å². The number of carbonyl (C=O) groups is 1. The van der Waals surface area contributed by atoms with E-state index in [0.717, 1.165) is 10.1 Å². The fourth-order valence-corrected chi connectivity index (χ4v) is 2.75. The number of rotatable bonds is 3. The zero-order valence-electron chi connectivity index (χ0n) is 14.5. The summed E-state index contributed by atoms with van der Waals surface area (Å²) in [6.45, 7) is 3.61. The number of aryl methyl sites for hydroxylation is 2. The predicted molar refractivity (Wildman–Crippen MR) is 94.7 cm³/mol. The Morgan fingerprint density at radius 2 is 1.92 bits per heavy atom. The second-order valence-corrected chi connectivity index (χ2v) is 6.06. The van der Waals surface area contributed by atoms with E-state index in [4.69, 9.17) is 0 Å². The van der Waals surface area contributed by atoms with Gasteiger partial charge in [-0.1, -0.05) is 12.1 Å². The largest absolute Gasteiger partial charge is 0.332 e. The van der Waals surface area contributed by atoms with Gasteiger partial charge < -0.3 is 9.88 Å². The smallest absolute Gasteiger partial charge is 0.324 e. The Bertz CT molecular complexity index is 1090. The third-order valence-corrected chi connectivity index (χ3v) is 4.26. The highest BCUT2D eigenvalue weighted by molar-refractivity contribution is 5.94. The Labute approximate surface area is 143 Å². The summed E-state index contributed by atoms with van der Waals surface area (Å²) in [4.78, 5) is 41.2. The number of nitrogens with zero attached hydrogens (tertiary/aromatic N) is 4. The maximum Gasteiger partial charge on any atom is 0.332 e. The van der Waals surface area contributed by atoms with E-state index in [2.05, 4.69) is 10.3 Å². The lowest BCUT2D eigenvalue weighted by Crippen LogP contribution is -2.38. The fourth-order valence-electron chi connectivity index (χ4n) is 2.75. The molecule has 1 atom stereocenters. The van der Waals surface area contributed by atoms with Crippen molar-refractivity contribution >= 4 is 22.8 Å². The van der Waals surface area contributed by atoms with Crippen LogP contribution in [0.4, 0.5) is 5.69 Å². The van der Waals surface area contributed by atoms with Gasteiger partial charge in [0.2, 0.25) is 5.91 Å². The summed E-state index contributed by atoms with van der Waals surface area (Å²) >= 11 is 0. The second kappa shape index (κ2) is 6.04. The molecule has 8 heteroatoms. The van der Waals surface area contributed by atoms with Crippen LogP contribution in [0.15, 0.2) is 40.2 Å². The molecule has 0 saturated heterocycles. The van der Waals surface area contributed by atoms with Gasteiger partial charge in [0.15, 0.2) is 11.2 Å². The fraction of sp³-hybridized carbons (Fsp3) is 0.294. The van der Waals surface area contributed by atoms with E-state index in [9.17, 15) is 14.4 Å². The quantitative estimate of drug-likeness (QED) is 0.768. The molecule has 0 bridgehead atoms. The van der Waals surface area contributed by atoms with Gasteiger partial charge in [0.05, 0.1) is 6.33 Å². The number of nitrogens with one attached hydrogen (secondary N) is 1. The Kier molecular flexibility index (Phi) is 4.03. The van der Waals surface area contributed by atoms with Gasteiger partial charge in [0, 0.05) is 19.8 Å². The van der Waals surface area contributed by atoms with Crippen molar-refractivity contribution in [3.05, 3.63) is 57.0 Å². The molecule has 130 valence electrons. The number of carbonyl (C=O) groups excluding carboxylic acids is 1. The van der Waals surface area contributed by atoms with Gasteiger partial charge in [-0.3, -0.25) is 18.7 Å². The molecule has 8 nitrogen and oxygen atoms in total. The van der Waals surface area contributed by atoms with E-state index in [1.807, 2.05) is 25.1 Å². The van der Waals surface area contributed by atoms with Crippen molar-refractivity contribution in [2.45, 2.75) is 19.9 Å². The SMILES string of the molecule is Cc1cccc(NC(=O)[C@H](C)n2cnc3c2c(=O)n(C)c(=O)n3C)c1. The number of aromatic nitrogens is 4. The zero-order valence-corrected chi connectivity index (χ0v) is 14.5. The zero-order chi connectivity index (χ0) is 18.3. The van der Waals surface area contributed by atoms with Crippen LogP contribution in [0.3, 0.4) is 0 Å². The molecular formula is C17H19N5O3. The summed E-state index contributed by atoms with van der Waals surface area (Å²) in [6.07, 6.45) is 1.41. The summed E-state index contributed by atoms with van der Waals surface area (Å²) in [7, 11) is 2.94. The molecule has 1 amide bonds. The van der Waals surface area contributed by atoms with Gasteiger partial charge in [0.1, 0.15) is 6.04 Å². The van der Waals surface area contributed by atoms with Crippen molar-refractivity contribution in [1.82, 2.24) is 18.7 Å². The van der Waals surface area contributed by atoms with Gasteiger partial charge >= 0.3 is 5.69 Å². The minimum Gasteiger partial charge on any atom is -0.324 e. The summed E-state index contributed by atoms with van der Waals surface area (Å²) in [6, 6.07) is 6.78. The Hall–Kier alpha value is -3.16. The Morgan fingerprint density at radius 1 is 1.20 bits per heavy atom. The number of hydrogen-bond donors (Lipinski definition) is 1. The van der Waals surface area contributed by atoms with Crippen molar-refractivity contribution in [2.24, 2.45) is 14.1 Å². The highest BCUT2D eigenvalue weighted by atomic mass is 16.2. The number of imidazole rings is 1. The summed E-state index contributed by atoms with van der Waals surface area (Å²) < 4.78 is 3.78. The number of hydrogen-bond acceptors (Lipinski definition) is 4. The van der Waals surface area contributed by atoms with Crippen LogP contribution in [0.5, 0.6) is 0 Å². The van der Waals surface area contributed by atoms with Crippen LogP contribution in [-0.4, -0.2) is 24.6 Å². The van der Waals surface area contributed by atoms with Crippen molar-refractivity contribution in [2.75, 3.05) is 5.32 Å². The molecule has 3 aromatic rings. The Morgan fingerprint density at radius 3 is 2.60 bits per heavy atom. The maximum absolute atomic E-state index is 12.6. The molecule has 2 heterocycles. The lowest BCUT2D eigenvalue weighted by atomic mass is 10.2. The molecule has 1 aromatic carbocycles. The van der Waals surface area contributed by atoms with Crippen LogP contribution in [0.2, 0.25) is 0 Å². The lowest BCUT2D eigenvalue weighted by Gasteiger charge is -2.15. The Balaban J connectivity index is 2.03. The highest BCUT2D eigenvalue weighted by Crippen LogP contribution is 2.16.